The monoisotopic (exact) mass is 291 g/mol. The first-order chi connectivity index (χ1) is 9.72. The maximum atomic E-state index is 12.1. The van der Waals surface area contributed by atoms with E-state index in [-0.39, 0.29) is 5.97 Å². The molecule has 0 bridgehead atoms. The van der Waals surface area contributed by atoms with E-state index in [2.05, 4.69) is 11.9 Å². The Morgan fingerprint density at radius 1 is 1.25 bits per heavy atom. The minimum absolute atomic E-state index is 0.307. The maximum absolute atomic E-state index is 12.1. The summed E-state index contributed by atoms with van der Waals surface area (Å²) >= 11 is 5.95. The maximum Gasteiger partial charge on any atom is 0.338 e. The van der Waals surface area contributed by atoms with E-state index in [9.17, 15) is 4.79 Å². The molecule has 0 aliphatic heterocycles. The first-order valence-corrected chi connectivity index (χ1v) is 7.32. The Kier molecular flexibility index (Phi) is 5.36. The van der Waals surface area contributed by atoms with E-state index >= 15 is 0 Å². The topological polar surface area (TPSA) is 39.2 Å². The Hall–Kier alpha value is -1.61. The number of pyridine rings is 1. The van der Waals surface area contributed by atoms with Crippen molar-refractivity contribution in [3.63, 3.8) is 0 Å². The smallest absolute Gasteiger partial charge is 0.338 e. The molecular weight excluding hydrogens is 274 g/mol. The van der Waals surface area contributed by atoms with Crippen LogP contribution in [0.4, 0.5) is 0 Å². The van der Waals surface area contributed by atoms with Gasteiger partial charge >= 0.3 is 5.97 Å². The van der Waals surface area contributed by atoms with Gasteiger partial charge in [0.2, 0.25) is 0 Å². The number of rotatable bonds is 6. The van der Waals surface area contributed by atoms with Crippen molar-refractivity contribution >= 4 is 28.5 Å². The van der Waals surface area contributed by atoms with Gasteiger partial charge < -0.3 is 4.74 Å². The molecule has 2 aromatic rings. The van der Waals surface area contributed by atoms with Crippen LogP contribution in [-0.2, 0) is 4.74 Å². The van der Waals surface area contributed by atoms with Gasteiger partial charge in [0.1, 0.15) is 5.15 Å². The van der Waals surface area contributed by atoms with Gasteiger partial charge in [0.25, 0.3) is 0 Å². The van der Waals surface area contributed by atoms with Crippen molar-refractivity contribution in [2.45, 2.75) is 32.6 Å². The number of aromatic nitrogens is 1. The lowest BCUT2D eigenvalue weighted by atomic mass is 10.1. The molecule has 0 saturated heterocycles. The summed E-state index contributed by atoms with van der Waals surface area (Å²) in [5, 5.41) is 1.08. The fourth-order valence-corrected chi connectivity index (χ4v) is 2.28. The molecule has 0 radical (unpaired) electrons. The van der Waals surface area contributed by atoms with Crippen LogP contribution in [0.2, 0.25) is 5.15 Å². The zero-order chi connectivity index (χ0) is 14.4. The molecule has 1 aromatic carbocycles. The molecule has 1 heterocycles. The second-order valence-electron chi connectivity index (χ2n) is 4.71. The number of nitrogens with zero attached hydrogens (tertiary/aromatic N) is 1. The Morgan fingerprint density at radius 3 is 2.85 bits per heavy atom. The van der Waals surface area contributed by atoms with E-state index in [0.717, 1.165) is 18.2 Å². The van der Waals surface area contributed by atoms with E-state index in [0.29, 0.717) is 22.8 Å². The summed E-state index contributed by atoms with van der Waals surface area (Å²) in [5.41, 5.74) is 1.19. The SMILES string of the molecule is CCCCCCOC(=O)c1cc(Cl)nc2ccccc12. The lowest BCUT2D eigenvalue weighted by Crippen LogP contribution is -2.07. The third-order valence-corrected chi connectivity index (χ3v) is 3.33. The fraction of sp³-hybridized carbons (Fsp3) is 0.375. The van der Waals surface area contributed by atoms with Gasteiger partial charge in [0.15, 0.2) is 0 Å². The predicted molar refractivity (Wildman–Crippen MR) is 81.2 cm³/mol. The molecular formula is C16H18ClNO2. The quantitative estimate of drug-likeness (QED) is 0.443. The molecule has 3 nitrogen and oxygen atoms in total. The van der Waals surface area contributed by atoms with Crippen LogP contribution < -0.4 is 0 Å². The largest absolute Gasteiger partial charge is 0.462 e. The molecule has 4 heteroatoms. The molecule has 0 aliphatic carbocycles. The van der Waals surface area contributed by atoms with Crippen LogP contribution in [0.15, 0.2) is 30.3 Å². The van der Waals surface area contributed by atoms with Crippen molar-refractivity contribution in [1.82, 2.24) is 4.98 Å². The summed E-state index contributed by atoms with van der Waals surface area (Å²) in [6.07, 6.45) is 4.32. The van der Waals surface area contributed by atoms with Crippen molar-refractivity contribution in [3.8, 4) is 0 Å². The Labute approximate surface area is 123 Å². The number of hydrogen-bond donors (Lipinski definition) is 0. The first kappa shape index (κ1) is 14.8. The lowest BCUT2D eigenvalue weighted by Gasteiger charge is -2.07. The van der Waals surface area contributed by atoms with Gasteiger partial charge in [-0.2, -0.15) is 0 Å². The number of carbonyl (C=O) groups excluding carboxylic acids is 1. The van der Waals surface area contributed by atoms with E-state index < -0.39 is 0 Å². The molecule has 0 fully saturated rings. The summed E-state index contributed by atoms with van der Waals surface area (Å²) in [7, 11) is 0. The van der Waals surface area contributed by atoms with E-state index in [1.54, 1.807) is 6.07 Å². The molecule has 0 atom stereocenters. The lowest BCUT2D eigenvalue weighted by molar-refractivity contribution is 0.0500. The Bertz CT molecular complexity index is 598. The molecule has 20 heavy (non-hydrogen) atoms. The van der Waals surface area contributed by atoms with Crippen LogP contribution in [0.3, 0.4) is 0 Å². The number of ether oxygens (including phenoxy) is 1. The Balaban J connectivity index is 2.09. The van der Waals surface area contributed by atoms with Crippen LogP contribution in [0.1, 0.15) is 43.0 Å². The van der Waals surface area contributed by atoms with Crippen LogP contribution in [0.5, 0.6) is 0 Å². The van der Waals surface area contributed by atoms with Gasteiger partial charge in [-0.25, -0.2) is 9.78 Å². The van der Waals surface area contributed by atoms with Crippen molar-refractivity contribution in [2.75, 3.05) is 6.61 Å². The number of fused-ring (bicyclic) bond motifs is 1. The molecule has 0 saturated carbocycles. The average Bonchev–Trinajstić information content (AvgIpc) is 2.46. The third-order valence-electron chi connectivity index (χ3n) is 3.14. The summed E-state index contributed by atoms with van der Waals surface area (Å²) in [4.78, 5) is 16.3. The summed E-state index contributed by atoms with van der Waals surface area (Å²) in [5.74, 6) is -0.331. The molecule has 2 rings (SSSR count). The zero-order valence-electron chi connectivity index (χ0n) is 11.6. The predicted octanol–water partition coefficient (Wildman–Crippen LogP) is 4.63. The van der Waals surface area contributed by atoms with Gasteiger partial charge in [-0.3, -0.25) is 0 Å². The highest BCUT2D eigenvalue weighted by Gasteiger charge is 2.13. The standard InChI is InChI=1S/C16H18ClNO2/c1-2-3-4-7-10-20-16(19)13-11-15(17)18-14-9-6-5-8-12(13)14/h5-6,8-9,11H,2-4,7,10H2,1H3. The molecule has 0 spiro atoms. The number of benzene rings is 1. The van der Waals surface area contributed by atoms with Crippen molar-refractivity contribution in [1.29, 1.82) is 0 Å². The zero-order valence-corrected chi connectivity index (χ0v) is 12.3. The highest BCUT2D eigenvalue weighted by molar-refractivity contribution is 6.30. The number of para-hydroxylation sites is 1. The van der Waals surface area contributed by atoms with Crippen molar-refractivity contribution < 1.29 is 9.53 Å². The molecule has 0 amide bonds. The number of esters is 1. The highest BCUT2D eigenvalue weighted by atomic mass is 35.5. The average molecular weight is 292 g/mol. The van der Waals surface area contributed by atoms with Crippen LogP contribution >= 0.6 is 11.6 Å². The van der Waals surface area contributed by atoms with Crippen LogP contribution in [-0.4, -0.2) is 17.6 Å². The van der Waals surface area contributed by atoms with Gasteiger partial charge in [-0.15, -0.1) is 0 Å². The number of hydrogen-bond acceptors (Lipinski definition) is 3. The van der Waals surface area contributed by atoms with E-state index in [4.69, 9.17) is 16.3 Å². The summed E-state index contributed by atoms with van der Waals surface area (Å²) in [6.45, 7) is 2.60. The minimum Gasteiger partial charge on any atom is -0.462 e. The molecule has 0 aliphatic rings. The van der Waals surface area contributed by atoms with Gasteiger partial charge in [0.05, 0.1) is 17.7 Å². The van der Waals surface area contributed by atoms with E-state index in [1.807, 2.05) is 24.3 Å². The summed E-state index contributed by atoms with van der Waals surface area (Å²) in [6, 6.07) is 8.99. The van der Waals surface area contributed by atoms with Gasteiger partial charge in [-0.1, -0.05) is 56.0 Å². The van der Waals surface area contributed by atoms with Gasteiger partial charge in [-0.05, 0) is 18.6 Å². The first-order valence-electron chi connectivity index (χ1n) is 6.94. The van der Waals surface area contributed by atoms with Crippen molar-refractivity contribution in [2.24, 2.45) is 0 Å². The summed E-state index contributed by atoms with van der Waals surface area (Å²) < 4.78 is 5.31. The van der Waals surface area contributed by atoms with Crippen molar-refractivity contribution in [3.05, 3.63) is 41.0 Å². The Morgan fingerprint density at radius 2 is 2.05 bits per heavy atom. The fourth-order valence-electron chi connectivity index (χ4n) is 2.08. The third kappa shape index (κ3) is 3.70. The van der Waals surface area contributed by atoms with Crippen LogP contribution in [0.25, 0.3) is 10.9 Å². The van der Waals surface area contributed by atoms with E-state index in [1.165, 1.54) is 12.8 Å². The number of halogens is 1. The highest BCUT2D eigenvalue weighted by Crippen LogP contribution is 2.21. The molecule has 1 aromatic heterocycles. The second kappa shape index (κ2) is 7.25. The molecule has 0 N–H and O–H groups in total. The van der Waals surface area contributed by atoms with Gasteiger partial charge in [0, 0.05) is 5.39 Å². The minimum atomic E-state index is -0.331. The number of carbonyl (C=O) groups is 1. The normalized spacial score (nSPS) is 10.7. The second-order valence-corrected chi connectivity index (χ2v) is 5.09. The molecule has 0 unspecified atom stereocenters. The molecule has 106 valence electrons. The van der Waals surface area contributed by atoms with Crippen LogP contribution in [0, 0.1) is 0 Å². The number of unbranched alkanes of at least 4 members (excludes halogenated alkanes) is 3.